The lowest BCUT2D eigenvalue weighted by molar-refractivity contribution is -0.230. The molecule has 1 aliphatic rings. The fraction of sp³-hybridized carbons (Fsp3) is 0.423. The number of aliphatic hydroxyl groups excluding tert-OH is 1. The molecule has 1 saturated heterocycles. The highest BCUT2D eigenvalue weighted by molar-refractivity contribution is 5.88. The van der Waals surface area contributed by atoms with Gasteiger partial charge in [0.25, 0.3) is 0 Å². The third kappa shape index (κ3) is 10.9. The molecule has 0 aromatic heterocycles. The highest BCUT2D eigenvalue weighted by Crippen LogP contribution is 2.21. The molecule has 0 spiro atoms. The van der Waals surface area contributed by atoms with Gasteiger partial charge in [-0.05, 0) is 54.4 Å². The summed E-state index contributed by atoms with van der Waals surface area (Å²) in [7, 11) is 0. The number of ether oxygens (including phenoxy) is 2. The summed E-state index contributed by atoms with van der Waals surface area (Å²) in [6.07, 6.45) is 19.3. The summed E-state index contributed by atoms with van der Waals surface area (Å²) >= 11 is 0. The molecule has 1 aliphatic heterocycles. The van der Waals surface area contributed by atoms with Crippen molar-refractivity contribution < 1.29 is 19.4 Å². The molecule has 0 saturated carbocycles. The number of carbonyl (C=O) groups excluding carboxylic acids is 1. The van der Waals surface area contributed by atoms with E-state index in [0.29, 0.717) is 12.0 Å². The second-order valence-electron chi connectivity index (χ2n) is 7.88. The lowest BCUT2D eigenvalue weighted by Crippen LogP contribution is -2.41. The summed E-state index contributed by atoms with van der Waals surface area (Å²) in [5, 5.41) is 9.91. The van der Waals surface area contributed by atoms with E-state index in [1.165, 1.54) is 11.1 Å². The van der Waals surface area contributed by atoms with Crippen LogP contribution in [0, 0.1) is 0 Å². The monoisotopic (exact) mass is 412 g/mol. The summed E-state index contributed by atoms with van der Waals surface area (Å²) in [6.45, 7) is 11.8. The van der Waals surface area contributed by atoms with Gasteiger partial charge in [0.05, 0.1) is 6.10 Å². The molecule has 1 rings (SSSR count). The zero-order chi connectivity index (χ0) is 22.5. The Kier molecular flexibility index (Phi) is 11.7. The van der Waals surface area contributed by atoms with E-state index in [1.807, 2.05) is 50.3 Å². The summed E-state index contributed by atoms with van der Waals surface area (Å²) in [4.78, 5) is 12.2. The average molecular weight is 413 g/mol. The molecule has 0 aliphatic carbocycles. The first-order valence-corrected chi connectivity index (χ1v) is 10.4. The molecule has 3 atom stereocenters. The average Bonchev–Trinajstić information content (AvgIpc) is 2.67. The van der Waals surface area contributed by atoms with Crippen molar-refractivity contribution in [3.8, 4) is 0 Å². The van der Waals surface area contributed by atoms with Crippen LogP contribution in [0.15, 0.2) is 83.1 Å². The van der Waals surface area contributed by atoms with E-state index in [-0.39, 0.29) is 6.10 Å². The first-order valence-electron chi connectivity index (χ1n) is 10.4. The predicted octanol–water partition coefficient (Wildman–Crippen LogP) is 5.89. The van der Waals surface area contributed by atoms with Crippen LogP contribution in [-0.4, -0.2) is 29.6 Å². The predicted molar refractivity (Wildman–Crippen MR) is 124 cm³/mol. The van der Waals surface area contributed by atoms with Crippen LogP contribution in [0.2, 0.25) is 0 Å². The Morgan fingerprint density at radius 1 is 0.867 bits per heavy atom. The molecule has 4 heteroatoms. The Morgan fingerprint density at radius 3 is 2.00 bits per heavy atom. The van der Waals surface area contributed by atoms with Crippen LogP contribution in [0.4, 0.5) is 0 Å². The van der Waals surface area contributed by atoms with Gasteiger partial charge in [0, 0.05) is 5.57 Å². The SMILES string of the molecule is CC(C)=C/C=C/C(C)=C/C=C/C=C(C)/C=C/C=C(\C)C(=O)OC1OC(C)CCC1O. The van der Waals surface area contributed by atoms with Crippen LogP contribution in [0.5, 0.6) is 0 Å². The van der Waals surface area contributed by atoms with E-state index >= 15 is 0 Å². The van der Waals surface area contributed by atoms with Crippen LogP contribution in [0.1, 0.15) is 54.4 Å². The number of aliphatic hydroxyl groups is 1. The van der Waals surface area contributed by atoms with Crippen molar-refractivity contribution in [2.75, 3.05) is 0 Å². The maximum Gasteiger partial charge on any atom is 0.336 e. The van der Waals surface area contributed by atoms with Crippen molar-refractivity contribution in [3.05, 3.63) is 83.1 Å². The van der Waals surface area contributed by atoms with Gasteiger partial charge in [0.15, 0.2) is 0 Å². The zero-order valence-corrected chi connectivity index (χ0v) is 19.1. The van der Waals surface area contributed by atoms with Gasteiger partial charge >= 0.3 is 5.97 Å². The van der Waals surface area contributed by atoms with E-state index in [2.05, 4.69) is 32.9 Å². The zero-order valence-electron chi connectivity index (χ0n) is 19.1. The highest BCUT2D eigenvalue weighted by Gasteiger charge is 2.31. The van der Waals surface area contributed by atoms with Crippen LogP contribution >= 0.6 is 0 Å². The maximum atomic E-state index is 12.2. The largest absolute Gasteiger partial charge is 0.429 e. The quantitative estimate of drug-likeness (QED) is 0.307. The van der Waals surface area contributed by atoms with Gasteiger partial charge in [-0.1, -0.05) is 77.5 Å². The van der Waals surface area contributed by atoms with E-state index in [0.717, 1.165) is 12.0 Å². The molecule has 1 heterocycles. The fourth-order valence-electron chi connectivity index (χ4n) is 2.56. The Labute approximate surface area is 181 Å². The van der Waals surface area contributed by atoms with Gasteiger partial charge in [-0.25, -0.2) is 4.79 Å². The molecule has 0 bridgehead atoms. The number of hydrogen-bond donors (Lipinski definition) is 1. The first kappa shape index (κ1) is 25.6. The van der Waals surface area contributed by atoms with Gasteiger partial charge < -0.3 is 14.6 Å². The molecule has 164 valence electrons. The van der Waals surface area contributed by atoms with Crippen LogP contribution in [0.25, 0.3) is 0 Å². The Balaban J connectivity index is 2.55. The van der Waals surface area contributed by atoms with Crippen molar-refractivity contribution in [1.82, 2.24) is 0 Å². The minimum absolute atomic E-state index is 0.0248. The van der Waals surface area contributed by atoms with Crippen molar-refractivity contribution in [3.63, 3.8) is 0 Å². The lowest BCUT2D eigenvalue weighted by atomic mass is 10.1. The molecular formula is C26H36O4. The third-order valence-electron chi connectivity index (χ3n) is 4.42. The van der Waals surface area contributed by atoms with Crippen molar-refractivity contribution in [2.24, 2.45) is 0 Å². The minimum Gasteiger partial charge on any atom is -0.429 e. The number of rotatable bonds is 8. The van der Waals surface area contributed by atoms with Crippen molar-refractivity contribution in [2.45, 2.75) is 72.9 Å². The smallest absolute Gasteiger partial charge is 0.336 e. The second kappa shape index (κ2) is 13.7. The van der Waals surface area contributed by atoms with Gasteiger partial charge in [0.2, 0.25) is 6.29 Å². The van der Waals surface area contributed by atoms with E-state index in [1.54, 1.807) is 19.1 Å². The molecule has 30 heavy (non-hydrogen) atoms. The summed E-state index contributed by atoms with van der Waals surface area (Å²) < 4.78 is 10.8. The maximum absolute atomic E-state index is 12.2. The molecule has 3 unspecified atom stereocenters. The molecule has 1 fully saturated rings. The lowest BCUT2D eigenvalue weighted by Gasteiger charge is -2.31. The third-order valence-corrected chi connectivity index (χ3v) is 4.42. The number of hydrogen-bond acceptors (Lipinski definition) is 4. The van der Waals surface area contributed by atoms with Crippen LogP contribution in [-0.2, 0) is 14.3 Å². The Morgan fingerprint density at radius 2 is 1.43 bits per heavy atom. The molecule has 1 N–H and O–H groups in total. The summed E-state index contributed by atoms with van der Waals surface area (Å²) in [5.74, 6) is -0.485. The Hall–Kier alpha value is -2.43. The summed E-state index contributed by atoms with van der Waals surface area (Å²) in [5.41, 5.74) is 3.94. The fourth-order valence-corrected chi connectivity index (χ4v) is 2.56. The first-order chi connectivity index (χ1) is 14.2. The van der Waals surface area contributed by atoms with Crippen molar-refractivity contribution in [1.29, 1.82) is 0 Å². The topological polar surface area (TPSA) is 55.8 Å². The molecule has 4 nitrogen and oxygen atoms in total. The van der Waals surface area contributed by atoms with Crippen molar-refractivity contribution >= 4 is 5.97 Å². The van der Waals surface area contributed by atoms with Gasteiger partial charge in [0.1, 0.15) is 6.10 Å². The normalized spacial score (nSPS) is 24.1. The molecule has 0 radical (unpaired) electrons. The van der Waals surface area contributed by atoms with Crippen LogP contribution in [0.3, 0.4) is 0 Å². The van der Waals surface area contributed by atoms with Gasteiger partial charge in [-0.2, -0.15) is 0 Å². The molecular weight excluding hydrogens is 376 g/mol. The van der Waals surface area contributed by atoms with Gasteiger partial charge in [-0.15, -0.1) is 0 Å². The number of esters is 1. The van der Waals surface area contributed by atoms with Gasteiger partial charge in [-0.3, -0.25) is 0 Å². The second-order valence-corrected chi connectivity index (χ2v) is 7.88. The van der Waals surface area contributed by atoms with E-state index < -0.39 is 18.4 Å². The minimum atomic E-state index is -0.895. The molecule has 0 aromatic carbocycles. The van der Waals surface area contributed by atoms with E-state index in [9.17, 15) is 9.90 Å². The number of allylic oxidation sites excluding steroid dienone is 13. The molecule has 0 amide bonds. The highest BCUT2D eigenvalue weighted by atomic mass is 16.7. The Bertz CT molecular complexity index is 771. The van der Waals surface area contributed by atoms with Crippen LogP contribution < -0.4 is 0 Å². The number of carbonyl (C=O) groups is 1. The van der Waals surface area contributed by atoms with E-state index in [4.69, 9.17) is 9.47 Å². The standard InChI is InChI=1S/C26H36O4/c1-19(2)11-9-14-20(3)12-7-8-13-21(4)15-10-16-22(5)25(28)30-26-24(27)18-17-23(6)29-26/h7-16,23-24,26-27H,17-18H2,1-6H3/b8-7+,14-9+,15-10+,20-12+,21-13+,22-16+. The molecule has 0 aromatic rings. The summed E-state index contributed by atoms with van der Waals surface area (Å²) in [6, 6.07) is 0.